The molecule has 25 heavy (non-hydrogen) atoms. The van der Waals surface area contributed by atoms with E-state index >= 15 is 0 Å². The predicted octanol–water partition coefficient (Wildman–Crippen LogP) is 2.59. The van der Waals surface area contributed by atoms with Gasteiger partial charge in [0.25, 0.3) is 0 Å². The van der Waals surface area contributed by atoms with Crippen molar-refractivity contribution < 1.29 is 24.5 Å². The van der Waals surface area contributed by atoms with Gasteiger partial charge in [0, 0.05) is 17.4 Å². The molecule has 3 rings (SSSR count). The van der Waals surface area contributed by atoms with Crippen LogP contribution in [0, 0.1) is 0 Å². The monoisotopic (exact) mass is 406 g/mol. The highest BCUT2D eigenvalue weighted by molar-refractivity contribution is 9.10. The second-order valence-corrected chi connectivity index (χ2v) is 6.47. The van der Waals surface area contributed by atoms with Gasteiger partial charge in [-0.2, -0.15) is 0 Å². The average Bonchev–Trinajstić information content (AvgIpc) is 2.56. The van der Waals surface area contributed by atoms with Crippen LogP contribution in [0.4, 0.5) is 11.4 Å². The zero-order chi connectivity index (χ0) is 18.5. The van der Waals surface area contributed by atoms with Crippen molar-refractivity contribution in [2.75, 3.05) is 18.1 Å². The minimum atomic E-state index is -0.749. The maximum absolute atomic E-state index is 12.9. The molecule has 2 aromatic carbocycles. The third-order valence-corrected chi connectivity index (χ3v) is 4.55. The summed E-state index contributed by atoms with van der Waals surface area (Å²) >= 11 is 3.09. The Hall–Kier alpha value is -2.74. The number of carbonyl (C=O) groups excluding carboxylic acids is 2. The van der Waals surface area contributed by atoms with Crippen LogP contribution >= 0.6 is 15.9 Å². The number of phenols is 2. The highest BCUT2D eigenvalue weighted by Gasteiger charge is 2.39. The summed E-state index contributed by atoms with van der Waals surface area (Å²) in [6, 6.07) is 2.63. The molecule has 130 valence electrons. The zero-order valence-electron chi connectivity index (χ0n) is 13.2. The van der Waals surface area contributed by atoms with Crippen LogP contribution in [0.15, 0.2) is 16.6 Å². The number of ether oxygens (including phenoxy) is 1. The summed E-state index contributed by atoms with van der Waals surface area (Å²) in [5.41, 5.74) is 11.0. The Balaban J connectivity index is 2.33. The standard InChI is InChI=1S/C17H15BrN2O5/c1-2-3-25-9-5-8(20)11-13(15(9)22)17(24)12-10(16(11)23)7(19)4-6(18)14(12)21/h4-5,21-22H,2-3,19-20H2,1H3. The summed E-state index contributed by atoms with van der Waals surface area (Å²) < 4.78 is 5.56. The second-order valence-electron chi connectivity index (χ2n) is 5.62. The van der Waals surface area contributed by atoms with E-state index in [2.05, 4.69) is 15.9 Å². The predicted molar refractivity (Wildman–Crippen MR) is 95.4 cm³/mol. The first-order valence-corrected chi connectivity index (χ1v) is 8.27. The van der Waals surface area contributed by atoms with Gasteiger partial charge >= 0.3 is 0 Å². The van der Waals surface area contributed by atoms with Crippen molar-refractivity contribution in [3.05, 3.63) is 38.9 Å². The minimum Gasteiger partial charge on any atom is -0.506 e. The molecule has 0 amide bonds. The number of rotatable bonds is 3. The number of ketones is 2. The number of carbonyl (C=O) groups is 2. The van der Waals surface area contributed by atoms with E-state index in [0.29, 0.717) is 13.0 Å². The molecule has 0 spiro atoms. The van der Waals surface area contributed by atoms with Crippen molar-refractivity contribution in [1.82, 2.24) is 0 Å². The number of phenolic OH excluding ortho intramolecular Hbond substituents is 2. The molecule has 0 heterocycles. The van der Waals surface area contributed by atoms with E-state index in [0.717, 1.165) is 0 Å². The minimum absolute atomic E-state index is 0.00478. The molecular formula is C17H15BrN2O5. The van der Waals surface area contributed by atoms with Gasteiger partial charge in [0.15, 0.2) is 17.3 Å². The largest absolute Gasteiger partial charge is 0.506 e. The summed E-state index contributed by atoms with van der Waals surface area (Å²) in [6.07, 6.45) is 0.677. The lowest BCUT2D eigenvalue weighted by molar-refractivity contribution is 0.0974. The van der Waals surface area contributed by atoms with Gasteiger partial charge in [0.05, 0.1) is 33.3 Å². The Morgan fingerprint density at radius 2 is 1.48 bits per heavy atom. The lowest BCUT2D eigenvalue weighted by Crippen LogP contribution is -2.24. The third-order valence-electron chi connectivity index (χ3n) is 3.95. The number of halogens is 1. The number of benzene rings is 2. The van der Waals surface area contributed by atoms with Crippen LogP contribution in [0.3, 0.4) is 0 Å². The van der Waals surface area contributed by atoms with Crippen LogP contribution in [0.25, 0.3) is 0 Å². The normalized spacial score (nSPS) is 12.7. The number of hydrogen-bond acceptors (Lipinski definition) is 7. The number of nitrogen functional groups attached to an aromatic ring is 2. The van der Waals surface area contributed by atoms with Crippen LogP contribution in [-0.4, -0.2) is 28.4 Å². The molecule has 0 aliphatic heterocycles. The molecule has 1 aliphatic rings. The molecule has 0 atom stereocenters. The van der Waals surface area contributed by atoms with Gasteiger partial charge in [-0.15, -0.1) is 0 Å². The van der Waals surface area contributed by atoms with Gasteiger partial charge in [-0.05, 0) is 28.4 Å². The van der Waals surface area contributed by atoms with E-state index in [4.69, 9.17) is 16.2 Å². The van der Waals surface area contributed by atoms with Gasteiger partial charge in [-0.1, -0.05) is 6.92 Å². The molecule has 0 fully saturated rings. The Labute approximate surface area is 151 Å². The van der Waals surface area contributed by atoms with Crippen LogP contribution in [0.1, 0.15) is 45.2 Å². The van der Waals surface area contributed by atoms with Gasteiger partial charge in [-0.25, -0.2) is 0 Å². The number of aromatic hydroxyl groups is 2. The SMILES string of the molecule is CCCOc1cc(N)c2c(c1O)C(=O)c1c(O)c(Br)cc(N)c1C2=O. The molecule has 6 N–H and O–H groups in total. The molecule has 0 radical (unpaired) electrons. The lowest BCUT2D eigenvalue weighted by atomic mass is 9.81. The van der Waals surface area contributed by atoms with E-state index in [1.165, 1.54) is 12.1 Å². The van der Waals surface area contributed by atoms with Crippen LogP contribution in [0.5, 0.6) is 17.2 Å². The number of anilines is 2. The van der Waals surface area contributed by atoms with Crippen molar-refractivity contribution in [3.63, 3.8) is 0 Å². The van der Waals surface area contributed by atoms with Crippen molar-refractivity contribution >= 4 is 38.9 Å². The second kappa shape index (κ2) is 5.96. The summed E-state index contributed by atoms with van der Waals surface area (Å²) in [5.74, 6) is -2.29. The Morgan fingerprint density at radius 1 is 0.960 bits per heavy atom. The molecule has 1 aliphatic carbocycles. The zero-order valence-corrected chi connectivity index (χ0v) is 14.8. The molecule has 7 nitrogen and oxygen atoms in total. The molecule has 0 unspecified atom stereocenters. The Morgan fingerprint density at radius 3 is 2.08 bits per heavy atom. The molecule has 8 heteroatoms. The van der Waals surface area contributed by atoms with Crippen molar-refractivity contribution in [1.29, 1.82) is 0 Å². The highest BCUT2D eigenvalue weighted by Crippen LogP contribution is 2.46. The lowest BCUT2D eigenvalue weighted by Gasteiger charge is -2.23. The fourth-order valence-corrected chi connectivity index (χ4v) is 3.28. The van der Waals surface area contributed by atoms with E-state index in [-0.39, 0.29) is 43.9 Å². The maximum atomic E-state index is 12.9. The van der Waals surface area contributed by atoms with Gasteiger partial charge < -0.3 is 26.4 Å². The van der Waals surface area contributed by atoms with Crippen LogP contribution in [0.2, 0.25) is 0 Å². The first kappa shape index (κ1) is 17.1. The number of nitrogens with two attached hydrogens (primary N) is 2. The average molecular weight is 407 g/mol. The van der Waals surface area contributed by atoms with Crippen LogP contribution in [-0.2, 0) is 0 Å². The molecule has 0 aromatic heterocycles. The maximum Gasteiger partial charge on any atom is 0.202 e. The quantitative estimate of drug-likeness (QED) is 0.387. The Bertz CT molecular complexity index is 940. The summed E-state index contributed by atoms with van der Waals surface area (Å²) in [6.45, 7) is 2.18. The van der Waals surface area contributed by atoms with Crippen molar-refractivity contribution in [2.45, 2.75) is 13.3 Å². The molecule has 0 bridgehead atoms. The fourth-order valence-electron chi connectivity index (χ4n) is 2.83. The van der Waals surface area contributed by atoms with Gasteiger partial charge in [0.1, 0.15) is 5.75 Å². The van der Waals surface area contributed by atoms with Crippen molar-refractivity contribution in [2.24, 2.45) is 0 Å². The first-order valence-electron chi connectivity index (χ1n) is 7.48. The molecular weight excluding hydrogens is 392 g/mol. The van der Waals surface area contributed by atoms with Crippen LogP contribution < -0.4 is 16.2 Å². The summed E-state index contributed by atoms with van der Waals surface area (Å²) in [4.78, 5) is 25.8. The van der Waals surface area contributed by atoms with Gasteiger partial charge in [0.2, 0.25) is 5.78 Å². The fraction of sp³-hybridized carbons (Fsp3) is 0.176. The Kier molecular flexibility index (Phi) is 4.08. The molecule has 0 saturated heterocycles. The highest BCUT2D eigenvalue weighted by atomic mass is 79.9. The van der Waals surface area contributed by atoms with Gasteiger partial charge in [-0.3, -0.25) is 9.59 Å². The number of fused-ring (bicyclic) bond motifs is 2. The van der Waals surface area contributed by atoms with E-state index < -0.39 is 23.1 Å². The molecule has 2 aromatic rings. The summed E-state index contributed by atoms with van der Waals surface area (Å²) in [5, 5.41) is 20.7. The molecule has 0 saturated carbocycles. The van der Waals surface area contributed by atoms with E-state index in [9.17, 15) is 19.8 Å². The summed E-state index contributed by atoms with van der Waals surface area (Å²) in [7, 11) is 0. The van der Waals surface area contributed by atoms with E-state index in [1.807, 2.05) is 6.92 Å². The first-order chi connectivity index (χ1) is 11.8. The van der Waals surface area contributed by atoms with E-state index in [1.54, 1.807) is 0 Å². The third kappa shape index (κ3) is 2.41. The topological polar surface area (TPSA) is 136 Å². The smallest absolute Gasteiger partial charge is 0.202 e. The van der Waals surface area contributed by atoms with Crippen molar-refractivity contribution in [3.8, 4) is 17.2 Å². The number of hydrogen-bond donors (Lipinski definition) is 4.